The molecule has 1 N–H and O–H groups in total. The van der Waals surface area contributed by atoms with Gasteiger partial charge in [-0.05, 0) is 36.4 Å². The number of hydrogen-bond donors (Lipinski definition) is 1. The zero-order valence-electron chi connectivity index (χ0n) is 10.1. The first-order chi connectivity index (χ1) is 8.25. The van der Waals surface area contributed by atoms with Crippen molar-refractivity contribution in [1.82, 2.24) is 0 Å². The van der Waals surface area contributed by atoms with Gasteiger partial charge in [-0.15, -0.1) is 0 Å². The van der Waals surface area contributed by atoms with E-state index in [2.05, 4.69) is 32.6 Å². The second-order valence-electron chi connectivity index (χ2n) is 4.01. The Balaban J connectivity index is 1.99. The summed E-state index contributed by atoms with van der Waals surface area (Å²) in [5.74, 6) is 0. The van der Waals surface area contributed by atoms with Crippen LogP contribution in [0.1, 0.15) is 0 Å². The van der Waals surface area contributed by atoms with Gasteiger partial charge in [0, 0.05) is 26.0 Å². The fraction of sp³-hybridized carbons (Fsp3) is 0.231. The molecule has 2 rings (SSSR count). The van der Waals surface area contributed by atoms with E-state index in [4.69, 9.17) is 0 Å². The Kier molecular flexibility index (Phi) is 3.55. The molecular weight excluding hydrogens is 212 g/mol. The van der Waals surface area contributed by atoms with Crippen LogP contribution in [-0.4, -0.2) is 32.6 Å². The van der Waals surface area contributed by atoms with E-state index in [1.807, 2.05) is 38.4 Å². The molecule has 1 aromatic carbocycles. The van der Waals surface area contributed by atoms with Crippen LogP contribution in [0.3, 0.4) is 0 Å². The molecule has 1 aliphatic heterocycles. The highest BCUT2D eigenvalue weighted by molar-refractivity contribution is 6.02. The molecule has 0 saturated heterocycles. The summed E-state index contributed by atoms with van der Waals surface area (Å²) in [5, 5.41) is 4.28. The summed E-state index contributed by atoms with van der Waals surface area (Å²) >= 11 is 0. The van der Waals surface area contributed by atoms with E-state index >= 15 is 0 Å². The molecule has 1 aliphatic rings. The number of hydrogen-bond acceptors (Lipinski definition) is 4. The zero-order valence-corrected chi connectivity index (χ0v) is 10.1. The normalized spacial score (nSPS) is 16.2. The van der Waals surface area contributed by atoms with Gasteiger partial charge in [0.15, 0.2) is 0 Å². The fourth-order valence-electron chi connectivity index (χ4n) is 1.46. The Labute approximate surface area is 101 Å². The third-order valence-corrected chi connectivity index (χ3v) is 2.45. The van der Waals surface area contributed by atoms with E-state index in [1.165, 1.54) is 5.69 Å². The number of nitrogens with zero attached hydrogens (tertiary/aromatic N) is 3. The molecule has 0 atom stereocenters. The lowest BCUT2D eigenvalue weighted by Gasteiger charge is -2.12. The van der Waals surface area contributed by atoms with Gasteiger partial charge in [0.2, 0.25) is 0 Å². The highest BCUT2D eigenvalue weighted by Gasteiger charge is 1.97. The molecule has 0 amide bonds. The molecule has 1 aromatic rings. The number of rotatable bonds is 3. The summed E-state index contributed by atoms with van der Waals surface area (Å²) in [6.45, 7) is 0.638. The number of hydrazone groups is 1. The Morgan fingerprint density at radius 3 is 2.59 bits per heavy atom. The maximum Gasteiger partial charge on any atom is 0.0829 e. The monoisotopic (exact) mass is 228 g/mol. The molecule has 0 unspecified atom stereocenters. The molecule has 1 heterocycles. The molecule has 0 spiro atoms. The van der Waals surface area contributed by atoms with Gasteiger partial charge in [0.1, 0.15) is 0 Å². The average molecular weight is 228 g/mol. The first-order valence-electron chi connectivity index (χ1n) is 5.52. The van der Waals surface area contributed by atoms with E-state index in [0.717, 1.165) is 11.4 Å². The number of allylic oxidation sites excluding steroid dienone is 1. The van der Waals surface area contributed by atoms with E-state index < -0.39 is 0 Å². The number of benzene rings is 1. The van der Waals surface area contributed by atoms with Crippen LogP contribution in [0.2, 0.25) is 0 Å². The smallest absolute Gasteiger partial charge is 0.0829 e. The largest absolute Gasteiger partial charge is 0.378 e. The van der Waals surface area contributed by atoms with Crippen molar-refractivity contribution >= 4 is 23.3 Å². The average Bonchev–Trinajstić information content (AvgIpc) is 2.38. The van der Waals surface area contributed by atoms with E-state index in [1.54, 1.807) is 6.21 Å². The summed E-state index contributed by atoms with van der Waals surface area (Å²) in [6.07, 6.45) is 5.62. The van der Waals surface area contributed by atoms with Crippen LogP contribution in [0.4, 0.5) is 11.4 Å². The van der Waals surface area contributed by atoms with Crippen molar-refractivity contribution in [2.45, 2.75) is 0 Å². The second-order valence-corrected chi connectivity index (χ2v) is 4.01. The van der Waals surface area contributed by atoms with Gasteiger partial charge in [-0.2, -0.15) is 5.10 Å². The highest BCUT2D eigenvalue weighted by Crippen LogP contribution is 2.15. The minimum absolute atomic E-state index is 0.638. The zero-order chi connectivity index (χ0) is 12.1. The first kappa shape index (κ1) is 11.4. The minimum atomic E-state index is 0.638. The second kappa shape index (κ2) is 5.30. The molecule has 4 heteroatoms. The van der Waals surface area contributed by atoms with Gasteiger partial charge in [-0.3, -0.25) is 10.4 Å². The van der Waals surface area contributed by atoms with Crippen LogP contribution in [0.5, 0.6) is 0 Å². The lowest BCUT2D eigenvalue weighted by atomic mass is 10.3. The summed E-state index contributed by atoms with van der Waals surface area (Å²) in [6, 6.07) is 8.12. The standard InChI is InChI=1S/C13H16N4/c1-17(2)13-7-5-11(6-8-13)15-16-12-4-3-9-14-10-12/h3-9,15H,10H2,1-2H3. The molecule has 0 fully saturated rings. The third kappa shape index (κ3) is 3.17. The molecule has 0 bridgehead atoms. The molecule has 4 nitrogen and oxygen atoms in total. The SMILES string of the molecule is CN(C)c1ccc(NN=C2C=CC=NC2)cc1. The number of anilines is 2. The van der Waals surface area contributed by atoms with Crippen molar-refractivity contribution in [3.63, 3.8) is 0 Å². The van der Waals surface area contributed by atoms with Crippen LogP contribution in [0, 0.1) is 0 Å². The summed E-state index contributed by atoms with van der Waals surface area (Å²) in [4.78, 5) is 6.18. The van der Waals surface area contributed by atoms with E-state index in [9.17, 15) is 0 Å². The molecule has 0 aromatic heterocycles. The molecule has 0 radical (unpaired) electrons. The number of nitrogens with one attached hydrogen (secondary N) is 1. The van der Waals surface area contributed by atoms with Gasteiger partial charge in [0.25, 0.3) is 0 Å². The van der Waals surface area contributed by atoms with Gasteiger partial charge in [-0.1, -0.05) is 0 Å². The maximum absolute atomic E-state index is 4.28. The van der Waals surface area contributed by atoms with Crippen LogP contribution < -0.4 is 10.3 Å². The van der Waals surface area contributed by atoms with Crippen molar-refractivity contribution in [2.24, 2.45) is 10.1 Å². The number of dihydropyridines is 1. The maximum atomic E-state index is 4.28. The van der Waals surface area contributed by atoms with Gasteiger partial charge in [-0.25, -0.2) is 0 Å². The van der Waals surface area contributed by atoms with E-state index in [0.29, 0.717) is 6.54 Å². The Morgan fingerprint density at radius 2 is 2.00 bits per heavy atom. The molecular formula is C13H16N4. The first-order valence-corrected chi connectivity index (χ1v) is 5.52. The van der Waals surface area contributed by atoms with Crippen molar-refractivity contribution < 1.29 is 0 Å². The van der Waals surface area contributed by atoms with Crippen LogP contribution in [0.25, 0.3) is 0 Å². The summed E-state index contributed by atoms with van der Waals surface area (Å²) in [7, 11) is 4.04. The van der Waals surface area contributed by atoms with Gasteiger partial charge >= 0.3 is 0 Å². The van der Waals surface area contributed by atoms with Crippen LogP contribution in [-0.2, 0) is 0 Å². The third-order valence-electron chi connectivity index (χ3n) is 2.45. The number of aliphatic imine (C=N–C) groups is 1. The Bertz CT molecular complexity index is 455. The summed E-state index contributed by atoms with van der Waals surface area (Å²) in [5.41, 5.74) is 6.11. The van der Waals surface area contributed by atoms with Crippen LogP contribution in [0.15, 0.2) is 46.5 Å². The lowest BCUT2D eigenvalue weighted by Crippen LogP contribution is -2.08. The van der Waals surface area contributed by atoms with Crippen LogP contribution >= 0.6 is 0 Å². The van der Waals surface area contributed by atoms with Gasteiger partial charge < -0.3 is 4.90 Å². The highest BCUT2D eigenvalue weighted by atomic mass is 15.3. The lowest BCUT2D eigenvalue weighted by molar-refractivity contribution is 1.13. The summed E-state index contributed by atoms with van der Waals surface area (Å²) < 4.78 is 0. The molecule has 88 valence electrons. The molecule has 0 saturated carbocycles. The quantitative estimate of drug-likeness (QED) is 0.805. The predicted molar refractivity (Wildman–Crippen MR) is 74.3 cm³/mol. The fourth-order valence-corrected chi connectivity index (χ4v) is 1.46. The van der Waals surface area contributed by atoms with Crippen molar-refractivity contribution in [3.05, 3.63) is 36.4 Å². The Hall–Kier alpha value is -2.10. The van der Waals surface area contributed by atoms with Crippen molar-refractivity contribution in [3.8, 4) is 0 Å². The van der Waals surface area contributed by atoms with Crippen molar-refractivity contribution in [2.75, 3.05) is 31.0 Å². The van der Waals surface area contributed by atoms with Crippen molar-refractivity contribution in [1.29, 1.82) is 0 Å². The van der Waals surface area contributed by atoms with E-state index in [-0.39, 0.29) is 0 Å². The molecule has 0 aliphatic carbocycles. The van der Waals surface area contributed by atoms with Gasteiger partial charge in [0.05, 0.1) is 17.9 Å². The Morgan fingerprint density at radius 1 is 1.24 bits per heavy atom. The predicted octanol–water partition coefficient (Wildman–Crippen LogP) is 2.16. The molecule has 17 heavy (non-hydrogen) atoms. The minimum Gasteiger partial charge on any atom is -0.378 e. The topological polar surface area (TPSA) is 40.0 Å².